The molecule has 0 radical (unpaired) electrons. The van der Waals surface area contributed by atoms with Crippen molar-refractivity contribution in [3.63, 3.8) is 0 Å². The average molecular weight is 380 g/mol. The number of fused-ring (bicyclic) bond motifs is 1. The first-order chi connectivity index (χ1) is 11.6. The van der Waals surface area contributed by atoms with Gasteiger partial charge in [-0.3, -0.25) is 14.2 Å². The van der Waals surface area contributed by atoms with Crippen molar-refractivity contribution >= 4 is 50.6 Å². The lowest BCUT2D eigenvalue weighted by Crippen LogP contribution is -2.26. The number of carbonyl (C=O) groups excluding carboxylic acids is 1. The third kappa shape index (κ3) is 3.40. The maximum atomic E-state index is 12.8. The van der Waals surface area contributed by atoms with Crippen molar-refractivity contribution in [3.05, 3.63) is 33.2 Å². The molecule has 1 amide bonds. The van der Waals surface area contributed by atoms with Crippen molar-refractivity contribution in [2.45, 2.75) is 18.5 Å². The van der Waals surface area contributed by atoms with E-state index in [1.165, 1.54) is 27.7 Å². The number of hydrogen-bond donors (Lipinski definition) is 1. The zero-order valence-electron chi connectivity index (χ0n) is 13.4. The number of carbonyl (C=O) groups is 1. The molecule has 24 heavy (non-hydrogen) atoms. The van der Waals surface area contributed by atoms with Gasteiger partial charge in [-0.05, 0) is 17.9 Å². The number of thioether (sulfide) groups is 1. The van der Waals surface area contributed by atoms with E-state index in [0.29, 0.717) is 17.1 Å². The Labute approximate surface area is 151 Å². The predicted molar refractivity (Wildman–Crippen MR) is 102 cm³/mol. The van der Waals surface area contributed by atoms with Crippen LogP contribution in [0.3, 0.4) is 0 Å². The summed E-state index contributed by atoms with van der Waals surface area (Å²) < 4.78 is 1.53. The second kappa shape index (κ2) is 7.50. The van der Waals surface area contributed by atoms with Crippen LogP contribution in [-0.2, 0) is 11.8 Å². The second-order valence-electron chi connectivity index (χ2n) is 5.20. The highest BCUT2D eigenvalue weighted by molar-refractivity contribution is 7.99. The molecular formula is C16H17N3O2S3. The number of nitrogens with one attached hydrogen (secondary N) is 1. The Morgan fingerprint density at radius 1 is 1.42 bits per heavy atom. The Bertz CT molecular complexity index is 913. The highest BCUT2D eigenvalue weighted by Gasteiger charge is 2.16. The van der Waals surface area contributed by atoms with Crippen molar-refractivity contribution < 1.29 is 4.79 Å². The number of rotatable bonds is 6. The minimum absolute atomic E-state index is 0.0401. The summed E-state index contributed by atoms with van der Waals surface area (Å²) in [5.41, 5.74) is 0.872. The summed E-state index contributed by atoms with van der Waals surface area (Å²) in [5, 5.41) is 8.03. The molecule has 126 valence electrons. The van der Waals surface area contributed by atoms with Crippen molar-refractivity contribution in [2.24, 2.45) is 7.05 Å². The van der Waals surface area contributed by atoms with Gasteiger partial charge in [-0.2, -0.15) is 0 Å². The van der Waals surface area contributed by atoms with Gasteiger partial charge in [-0.25, -0.2) is 4.98 Å². The minimum Gasteiger partial charge on any atom is -0.355 e. The Morgan fingerprint density at radius 3 is 2.96 bits per heavy atom. The van der Waals surface area contributed by atoms with Crippen molar-refractivity contribution in [1.82, 2.24) is 14.9 Å². The molecule has 0 fully saturated rings. The van der Waals surface area contributed by atoms with Gasteiger partial charge >= 0.3 is 0 Å². The van der Waals surface area contributed by atoms with Gasteiger partial charge in [-0.1, -0.05) is 24.8 Å². The molecule has 0 aliphatic carbocycles. The SMILES string of the molecule is CCCNC(=O)CSc1nc2scc(-c3cccs3)c2c(=O)n1C. The maximum absolute atomic E-state index is 12.8. The van der Waals surface area contributed by atoms with E-state index in [9.17, 15) is 9.59 Å². The smallest absolute Gasteiger partial charge is 0.263 e. The van der Waals surface area contributed by atoms with Gasteiger partial charge in [0.05, 0.1) is 11.1 Å². The van der Waals surface area contributed by atoms with E-state index in [0.717, 1.165) is 21.7 Å². The Balaban J connectivity index is 1.91. The third-order valence-electron chi connectivity index (χ3n) is 3.47. The number of amides is 1. The minimum atomic E-state index is -0.0684. The first kappa shape index (κ1) is 17.2. The van der Waals surface area contributed by atoms with Crippen LogP contribution in [0.15, 0.2) is 32.8 Å². The number of hydrogen-bond acceptors (Lipinski definition) is 6. The summed E-state index contributed by atoms with van der Waals surface area (Å²) in [6, 6.07) is 3.98. The number of aromatic nitrogens is 2. The quantitative estimate of drug-likeness (QED) is 0.527. The largest absolute Gasteiger partial charge is 0.355 e. The van der Waals surface area contributed by atoms with Gasteiger partial charge in [0.25, 0.3) is 5.56 Å². The number of thiophene rings is 2. The molecule has 0 aliphatic heterocycles. The van der Waals surface area contributed by atoms with E-state index < -0.39 is 0 Å². The fraction of sp³-hybridized carbons (Fsp3) is 0.312. The third-order valence-corrected chi connectivity index (χ3v) is 6.27. The molecule has 5 nitrogen and oxygen atoms in total. The van der Waals surface area contributed by atoms with Crippen LogP contribution in [0.1, 0.15) is 13.3 Å². The highest BCUT2D eigenvalue weighted by atomic mass is 32.2. The lowest BCUT2D eigenvalue weighted by molar-refractivity contribution is -0.118. The molecule has 3 aromatic heterocycles. The summed E-state index contributed by atoms with van der Waals surface area (Å²) in [4.78, 5) is 30.9. The van der Waals surface area contributed by atoms with Crippen LogP contribution in [0.4, 0.5) is 0 Å². The Morgan fingerprint density at radius 2 is 2.25 bits per heavy atom. The normalized spacial score (nSPS) is 11.1. The van der Waals surface area contributed by atoms with Crippen molar-refractivity contribution in [3.8, 4) is 10.4 Å². The molecule has 0 spiro atoms. The van der Waals surface area contributed by atoms with Gasteiger partial charge in [-0.15, -0.1) is 22.7 Å². The van der Waals surface area contributed by atoms with Gasteiger partial charge in [0.15, 0.2) is 5.16 Å². The molecule has 3 aromatic rings. The van der Waals surface area contributed by atoms with E-state index in [1.54, 1.807) is 18.4 Å². The van der Waals surface area contributed by atoms with Crippen LogP contribution in [0.2, 0.25) is 0 Å². The average Bonchev–Trinajstić information content (AvgIpc) is 3.23. The zero-order valence-corrected chi connectivity index (χ0v) is 15.8. The summed E-state index contributed by atoms with van der Waals surface area (Å²) >= 11 is 4.36. The van der Waals surface area contributed by atoms with Crippen LogP contribution in [0.25, 0.3) is 20.7 Å². The van der Waals surface area contributed by atoms with Crippen molar-refractivity contribution in [2.75, 3.05) is 12.3 Å². The number of nitrogens with zero attached hydrogens (tertiary/aromatic N) is 2. The molecule has 1 N–H and O–H groups in total. The van der Waals surface area contributed by atoms with Crippen LogP contribution in [0.5, 0.6) is 0 Å². The standard InChI is InChI=1S/C16H17N3O2S3/c1-3-6-17-12(20)9-24-16-18-14-13(15(21)19(16)2)10(8-23-14)11-5-4-7-22-11/h4-5,7-8H,3,6,9H2,1-2H3,(H,17,20). The molecule has 3 heterocycles. The monoisotopic (exact) mass is 379 g/mol. The second-order valence-corrected chi connectivity index (χ2v) is 7.95. The van der Waals surface area contributed by atoms with E-state index >= 15 is 0 Å². The Kier molecular flexibility index (Phi) is 5.37. The maximum Gasteiger partial charge on any atom is 0.263 e. The van der Waals surface area contributed by atoms with Crippen LogP contribution in [-0.4, -0.2) is 27.8 Å². The van der Waals surface area contributed by atoms with E-state index in [-0.39, 0.29) is 17.2 Å². The summed E-state index contributed by atoms with van der Waals surface area (Å²) in [5.74, 6) is 0.219. The zero-order chi connectivity index (χ0) is 17.1. The molecule has 0 atom stereocenters. The molecule has 0 aromatic carbocycles. The molecule has 0 unspecified atom stereocenters. The predicted octanol–water partition coefficient (Wildman–Crippen LogP) is 3.34. The molecule has 0 saturated heterocycles. The fourth-order valence-electron chi connectivity index (χ4n) is 2.24. The van der Waals surface area contributed by atoms with Gasteiger partial charge in [0.1, 0.15) is 4.83 Å². The van der Waals surface area contributed by atoms with Gasteiger partial charge in [0.2, 0.25) is 5.91 Å². The lowest BCUT2D eigenvalue weighted by Gasteiger charge is -2.07. The Hall–Kier alpha value is -1.64. The molecular weight excluding hydrogens is 362 g/mol. The van der Waals surface area contributed by atoms with E-state index in [1.807, 2.05) is 29.8 Å². The fourth-order valence-corrected chi connectivity index (χ4v) is 4.85. The van der Waals surface area contributed by atoms with Crippen molar-refractivity contribution in [1.29, 1.82) is 0 Å². The first-order valence-corrected chi connectivity index (χ1v) is 10.3. The van der Waals surface area contributed by atoms with E-state index in [4.69, 9.17) is 0 Å². The highest BCUT2D eigenvalue weighted by Crippen LogP contribution is 2.34. The molecule has 8 heteroatoms. The molecule has 0 bridgehead atoms. The summed E-state index contributed by atoms with van der Waals surface area (Å²) in [6.07, 6.45) is 0.903. The summed E-state index contributed by atoms with van der Waals surface area (Å²) in [7, 11) is 1.71. The van der Waals surface area contributed by atoms with Crippen LogP contribution < -0.4 is 10.9 Å². The van der Waals surface area contributed by atoms with Gasteiger partial charge in [0, 0.05) is 29.4 Å². The molecule has 3 rings (SSSR count). The topological polar surface area (TPSA) is 64.0 Å². The molecule has 0 saturated carbocycles. The molecule has 0 aliphatic rings. The van der Waals surface area contributed by atoms with Crippen LogP contribution >= 0.6 is 34.4 Å². The first-order valence-electron chi connectivity index (χ1n) is 7.53. The van der Waals surface area contributed by atoms with E-state index in [2.05, 4.69) is 10.3 Å². The lowest BCUT2D eigenvalue weighted by atomic mass is 10.2. The van der Waals surface area contributed by atoms with Crippen LogP contribution in [0, 0.1) is 0 Å². The summed E-state index contributed by atoms with van der Waals surface area (Å²) in [6.45, 7) is 2.68. The van der Waals surface area contributed by atoms with Gasteiger partial charge < -0.3 is 5.32 Å².